The first-order valence-corrected chi connectivity index (χ1v) is 4.67. The molecule has 1 unspecified atom stereocenters. The number of halogens is 1. The molecule has 1 N–H and O–H groups in total. The average molecular weight is 228 g/mol. The van der Waals surface area contributed by atoms with Crippen molar-refractivity contribution in [2.45, 2.75) is 12.5 Å². The molecule has 0 spiro atoms. The highest BCUT2D eigenvalue weighted by Crippen LogP contribution is 2.23. The fourth-order valence-electron chi connectivity index (χ4n) is 1.41. The van der Waals surface area contributed by atoms with Crippen LogP contribution in [0.15, 0.2) is 18.2 Å². The van der Waals surface area contributed by atoms with Crippen molar-refractivity contribution in [2.75, 3.05) is 14.2 Å². The molecule has 0 radical (unpaired) electrons. The van der Waals surface area contributed by atoms with Gasteiger partial charge in [0.2, 0.25) is 0 Å². The van der Waals surface area contributed by atoms with Gasteiger partial charge in [0.05, 0.1) is 7.11 Å². The summed E-state index contributed by atoms with van der Waals surface area (Å²) in [4.78, 5) is 10.8. The Kier molecular flexibility index (Phi) is 4.25. The zero-order valence-corrected chi connectivity index (χ0v) is 9.07. The lowest BCUT2D eigenvalue weighted by Gasteiger charge is -2.13. The summed E-state index contributed by atoms with van der Waals surface area (Å²) in [5, 5.41) is 8.81. The Hall–Kier alpha value is -1.62. The zero-order valence-electron chi connectivity index (χ0n) is 9.07. The van der Waals surface area contributed by atoms with Gasteiger partial charge >= 0.3 is 5.97 Å². The van der Waals surface area contributed by atoms with Crippen molar-refractivity contribution < 1.29 is 23.8 Å². The fourth-order valence-corrected chi connectivity index (χ4v) is 1.41. The number of benzene rings is 1. The number of carboxylic acid groups (broad SMARTS) is 1. The molecule has 0 aliphatic heterocycles. The molecule has 1 rings (SSSR count). The monoisotopic (exact) mass is 228 g/mol. The van der Waals surface area contributed by atoms with Crippen molar-refractivity contribution in [3.05, 3.63) is 29.6 Å². The van der Waals surface area contributed by atoms with Crippen LogP contribution in [0.1, 0.15) is 5.56 Å². The number of hydrogen-bond acceptors (Lipinski definition) is 3. The molecule has 5 heteroatoms. The van der Waals surface area contributed by atoms with E-state index in [9.17, 15) is 9.18 Å². The first-order chi connectivity index (χ1) is 7.60. The quantitative estimate of drug-likeness (QED) is 0.829. The summed E-state index contributed by atoms with van der Waals surface area (Å²) in [6.07, 6.45) is -0.942. The molecular weight excluding hydrogens is 215 g/mol. The van der Waals surface area contributed by atoms with E-state index in [4.69, 9.17) is 14.6 Å². The van der Waals surface area contributed by atoms with Crippen molar-refractivity contribution in [3.63, 3.8) is 0 Å². The van der Waals surface area contributed by atoms with Gasteiger partial charge in [0.25, 0.3) is 0 Å². The lowest BCUT2D eigenvalue weighted by Crippen LogP contribution is -2.25. The van der Waals surface area contributed by atoms with Crippen LogP contribution in [0.4, 0.5) is 4.39 Å². The molecule has 0 aliphatic carbocycles. The third-order valence-electron chi connectivity index (χ3n) is 2.22. The molecule has 0 amide bonds. The highest BCUT2D eigenvalue weighted by atomic mass is 19.1. The Bertz CT molecular complexity index is 378. The fraction of sp³-hybridized carbons (Fsp3) is 0.364. The number of para-hydroxylation sites is 1. The number of hydrogen-bond donors (Lipinski definition) is 1. The van der Waals surface area contributed by atoms with Crippen LogP contribution >= 0.6 is 0 Å². The van der Waals surface area contributed by atoms with Crippen molar-refractivity contribution in [1.29, 1.82) is 0 Å². The number of aliphatic carboxylic acids is 1. The molecule has 1 aromatic rings. The van der Waals surface area contributed by atoms with Crippen LogP contribution in [-0.4, -0.2) is 31.4 Å². The molecule has 88 valence electrons. The summed E-state index contributed by atoms with van der Waals surface area (Å²) >= 11 is 0. The minimum absolute atomic E-state index is 0.0609. The number of ether oxygens (including phenoxy) is 2. The number of methoxy groups -OCH3 is 2. The summed E-state index contributed by atoms with van der Waals surface area (Å²) < 4.78 is 22.9. The maximum atomic E-state index is 13.3. The van der Waals surface area contributed by atoms with Crippen molar-refractivity contribution in [2.24, 2.45) is 0 Å². The van der Waals surface area contributed by atoms with Gasteiger partial charge in [0.1, 0.15) is 0 Å². The second-order valence-corrected chi connectivity index (χ2v) is 3.20. The molecular formula is C11H13FO4. The van der Waals surface area contributed by atoms with Gasteiger partial charge in [0.15, 0.2) is 17.7 Å². The molecule has 16 heavy (non-hydrogen) atoms. The minimum Gasteiger partial charge on any atom is -0.493 e. The molecule has 1 atom stereocenters. The Morgan fingerprint density at radius 3 is 2.69 bits per heavy atom. The topological polar surface area (TPSA) is 55.8 Å². The van der Waals surface area contributed by atoms with E-state index in [1.165, 1.54) is 26.4 Å². The third-order valence-corrected chi connectivity index (χ3v) is 2.22. The van der Waals surface area contributed by atoms with Crippen LogP contribution in [0.5, 0.6) is 5.75 Å². The standard InChI is InChI=1S/C11H13FO4/c1-15-9(11(13)14)6-7-4-3-5-8(12)10(7)16-2/h3-5,9H,6H2,1-2H3,(H,13,14). The molecule has 0 saturated carbocycles. The van der Waals surface area contributed by atoms with Crippen molar-refractivity contribution in [1.82, 2.24) is 0 Å². The lowest BCUT2D eigenvalue weighted by atomic mass is 10.1. The van der Waals surface area contributed by atoms with E-state index in [0.717, 1.165) is 0 Å². The van der Waals surface area contributed by atoms with E-state index in [-0.39, 0.29) is 12.2 Å². The smallest absolute Gasteiger partial charge is 0.333 e. The summed E-state index contributed by atoms with van der Waals surface area (Å²) in [6.45, 7) is 0. The van der Waals surface area contributed by atoms with E-state index in [2.05, 4.69) is 0 Å². The van der Waals surface area contributed by atoms with Crippen molar-refractivity contribution >= 4 is 5.97 Å². The Balaban J connectivity index is 2.95. The average Bonchev–Trinajstić information content (AvgIpc) is 2.25. The number of carboxylic acids is 1. The highest BCUT2D eigenvalue weighted by Gasteiger charge is 2.20. The van der Waals surface area contributed by atoms with Gasteiger partial charge in [0, 0.05) is 19.1 Å². The van der Waals surface area contributed by atoms with E-state index < -0.39 is 17.9 Å². The predicted molar refractivity (Wildman–Crippen MR) is 55.1 cm³/mol. The number of rotatable bonds is 5. The van der Waals surface area contributed by atoms with E-state index in [1.54, 1.807) is 6.07 Å². The van der Waals surface area contributed by atoms with Crippen LogP contribution in [0.25, 0.3) is 0 Å². The van der Waals surface area contributed by atoms with Crippen molar-refractivity contribution in [3.8, 4) is 5.75 Å². The number of carbonyl (C=O) groups is 1. The van der Waals surface area contributed by atoms with Gasteiger partial charge in [-0.15, -0.1) is 0 Å². The molecule has 0 heterocycles. The van der Waals surface area contributed by atoms with Gasteiger partial charge in [-0.05, 0) is 6.07 Å². The SMILES string of the molecule is COc1c(F)cccc1CC(OC)C(=O)O. The first-order valence-electron chi connectivity index (χ1n) is 4.67. The second-order valence-electron chi connectivity index (χ2n) is 3.20. The lowest BCUT2D eigenvalue weighted by molar-refractivity contribution is -0.148. The van der Waals surface area contributed by atoms with E-state index in [0.29, 0.717) is 5.56 Å². The van der Waals surface area contributed by atoms with Crippen LogP contribution in [0.3, 0.4) is 0 Å². The maximum absolute atomic E-state index is 13.3. The van der Waals surface area contributed by atoms with E-state index >= 15 is 0 Å². The van der Waals surface area contributed by atoms with Gasteiger partial charge in [-0.1, -0.05) is 12.1 Å². The largest absolute Gasteiger partial charge is 0.493 e. The van der Waals surface area contributed by atoms with Gasteiger partial charge in [-0.25, -0.2) is 9.18 Å². The predicted octanol–water partition coefficient (Wildman–Crippen LogP) is 1.48. The molecule has 0 bridgehead atoms. The summed E-state index contributed by atoms with van der Waals surface area (Å²) in [7, 11) is 2.63. The molecule has 0 aromatic heterocycles. The van der Waals surface area contributed by atoms with Crippen LogP contribution in [0.2, 0.25) is 0 Å². The molecule has 0 aliphatic rings. The Morgan fingerprint density at radius 2 is 2.19 bits per heavy atom. The summed E-state index contributed by atoms with van der Waals surface area (Å²) in [5.41, 5.74) is 0.469. The van der Waals surface area contributed by atoms with E-state index in [1.807, 2.05) is 0 Å². The van der Waals surface area contributed by atoms with Crippen LogP contribution in [0, 0.1) is 5.82 Å². The Labute approximate surface area is 92.6 Å². The summed E-state index contributed by atoms with van der Waals surface area (Å²) in [5.74, 6) is -1.54. The van der Waals surface area contributed by atoms with Crippen LogP contribution < -0.4 is 4.74 Å². The Morgan fingerprint density at radius 1 is 1.50 bits per heavy atom. The maximum Gasteiger partial charge on any atom is 0.333 e. The van der Waals surface area contributed by atoms with Gasteiger partial charge in [-0.3, -0.25) is 0 Å². The van der Waals surface area contributed by atoms with Crippen LogP contribution in [-0.2, 0) is 16.0 Å². The zero-order chi connectivity index (χ0) is 12.1. The normalized spacial score (nSPS) is 12.2. The highest BCUT2D eigenvalue weighted by molar-refractivity contribution is 5.72. The third kappa shape index (κ3) is 2.70. The second kappa shape index (κ2) is 5.46. The molecule has 4 nitrogen and oxygen atoms in total. The molecule has 0 fully saturated rings. The molecule has 0 saturated heterocycles. The summed E-state index contributed by atoms with van der Waals surface area (Å²) in [6, 6.07) is 4.36. The molecule has 1 aromatic carbocycles. The van der Waals surface area contributed by atoms with Gasteiger partial charge < -0.3 is 14.6 Å². The van der Waals surface area contributed by atoms with Gasteiger partial charge in [-0.2, -0.15) is 0 Å². The first kappa shape index (κ1) is 12.4. The minimum atomic E-state index is -1.09.